The zero-order valence-corrected chi connectivity index (χ0v) is 18.0. The van der Waals surface area contributed by atoms with Crippen LogP contribution in [-0.4, -0.2) is 72.8 Å². The summed E-state index contributed by atoms with van der Waals surface area (Å²) in [5.74, 6) is 0. The Balaban J connectivity index is 0. The van der Waals surface area contributed by atoms with Gasteiger partial charge in [0.25, 0.3) is 0 Å². The first kappa shape index (κ1) is 26.7. The molecule has 0 rings (SSSR count). The molecule has 0 aliphatic heterocycles. The molecule has 0 spiro atoms. The summed E-state index contributed by atoms with van der Waals surface area (Å²) < 4.78 is 15.2. The van der Waals surface area contributed by atoms with Crippen LogP contribution in [0.4, 0.5) is 9.59 Å². The number of hydrogen-bond acceptors (Lipinski definition) is 6. The highest BCUT2D eigenvalue weighted by molar-refractivity contribution is 5.68. The van der Waals surface area contributed by atoms with Crippen molar-refractivity contribution in [3.05, 3.63) is 0 Å². The SMILES string of the molecule is CO[C@@H](C)CN(C)C(=O)OC(C)(C)C.C[C@H](O)CNC(=O)OC(C)(C)C. The van der Waals surface area contributed by atoms with E-state index in [1.54, 1.807) is 41.9 Å². The lowest BCUT2D eigenvalue weighted by Crippen LogP contribution is -2.38. The van der Waals surface area contributed by atoms with Crippen LogP contribution in [0.15, 0.2) is 0 Å². The molecule has 2 atom stereocenters. The Morgan fingerprint density at radius 1 is 1.04 bits per heavy atom. The molecule has 0 fully saturated rings. The van der Waals surface area contributed by atoms with Gasteiger partial charge in [-0.15, -0.1) is 0 Å². The van der Waals surface area contributed by atoms with E-state index in [2.05, 4.69) is 5.32 Å². The quantitative estimate of drug-likeness (QED) is 0.763. The maximum Gasteiger partial charge on any atom is 0.410 e. The maximum atomic E-state index is 11.5. The number of carbonyl (C=O) groups is 2. The standard InChI is InChI=1S/C10H21NO3.C8H17NO3/c1-8(13-6)7-11(5)9(12)14-10(2,3)4;1-6(10)5-9-7(11)12-8(2,3)4/h8H,7H2,1-6H3;6,10H,5H2,1-4H3,(H,9,11)/t8-;6-/m00/s1. The smallest absolute Gasteiger partial charge is 0.410 e. The topological polar surface area (TPSA) is 97.3 Å². The first-order valence-corrected chi connectivity index (χ1v) is 8.69. The number of rotatable bonds is 5. The number of likely N-dealkylation sites (N-methyl/N-ethyl adjacent to an activating group) is 1. The molecular formula is C18H38N2O6. The van der Waals surface area contributed by atoms with E-state index in [1.165, 1.54) is 4.90 Å². The minimum atomic E-state index is -0.544. The average Bonchev–Trinajstić information content (AvgIpc) is 2.42. The molecule has 0 aliphatic rings. The van der Waals surface area contributed by atoms with Crippen LogP contribution in [0, 0.1) is 0 Å². The molecule has 0 saturated carbocycles. The zero-order valence-electron chi connectivity index (χ0n) is 18.0. The molecule has 0 aromatic rings. The first-order valence-electron chi connectivity index (χ1n) is 8.69. The zero-order chi connectivity index (χ0) is 21.1. The van der Waals surface area contributed by atoms with Crippen molar-refractivity contribution in [1.29, 1.82) is 0 Å². The molecule has 156 valence electrons. The Hall–Kier alpha value is -1.54. The lowest BCUT2D eigenvalue weighted by atomic mass is 10.2. The van der Waals surface area contributed by atoms with E-state index in [4.69, 9.17) is 19.3 Å². The number of carbonyl (C=O) groups excluding carboxylic acids is 2. The van der Waals surface area contributed by atoms with E-state index in [1.807, 2.05) is 27.7 Å². The number of amides is 2. The molecule has 8 heteroatoms. The fourth-order valence-corrected chi connectivity index (χ4v) is 1.42. The highest BCUT2D eigenvalue weighted by Gasteiger charge is 2.20. The fourth-order valence-electron chi connectivity index (χ4n) is 1.42. The van der Waals surface area contributed by atoms with Crippen LogP contribution in [-0.2, 0) is 14.2 Å². The van der Waals surface area contributed by atoms with Gasteiger partial charge in [0, 0.05) is 27.2 Å². The van der Waals surface area contributed by atoms with Crippen molar-refractivity contribution in [3.8, 4) is 0 Å². The third-order valence-electron chi connectivity index (χ3n) is 2.58. The molecular weight excluding hydrogens is 340 g/mol. The van der Waals surface area contributed by atoms with Gasteiger partial charge in [-0.1, -0.05) is 0 Å². The molecule has 0 saturated heterocycles. The van der Waals surface area contributed by atoms with E-state index in [0.29, 0.717) is 6.54 Å². The maximum absolute atomic E-state index is 11.5. The molecule has 0 aliphatic carbocycles. The number of nitrogens with one attached hydrogen (secondary N) is 1. The van der Waals surface area contributed by atoms with Crippen LogP contribution in [0.3, 0.4) is 0 Å². The lowest BCUT2D eigenvalue weighted by Gasteiger charge is -2.26. The summed E-state index contributed by atoms with van der Waals surface area (Å²) in [4.78, 5) is 23.9. The second-order valence-corrected chi connectivity index (χ2v) is 8.14. The molecule has 8 nitrogen and oxygen atoms in total. The number of methoxy groups -OCH3 is 1. The second kappa shape index (κ2) is 12.0. The van der Waals surface area contributed by atoms with Gasteiger partial charge in [-0.3, -0.25) is 0 Å². The Morgan fingerprint density at radius 2 is 1.50 bits per heavy atom. The van der Waals surface area contributed by atoms with Crippen molar-refractivity contribution >= 4 is 12.2 Å². The van der Waals surface area contributed by atoms with Gasteiger partial charge >= 0.3 is 12.2 Å². The third kappa shape index (κ3) is 18.8. The number of aliphatic hydroxyl groups is 1. The van der Waals surface area contributed by atoms with Crippen LogP contribution in [0.1, 0.15) is 55.4 Å². The van der Waals surface area contributed by atoms with Crippen LogP contribution < -0.4 is 5.32 Å². The van der Waals surface area contributed by atoms with E-state index in [0.717, 1.165) is 0 Å². The van der Waals surface area contributed by atoms with Crippen molar-refractivity contribution in [2.45, 2.75) is 78.8 Å². The molecule has 2 N–H and O–H groups in total. The van der Waals surface area contributed by atoms with Gasteiger partial charge in [-0.05, 0) is 55.4 Å². The van der Waals surface area contributed by atoms with Crippen LogP contribution in [0.5, 0.6) is 0 Å². The minimum Gasteiger partial charge on any atom is -0.444 e. The monoisotopic (exact) mass is 378 g/mol. The molecule has 0 unspecified atom stereocenters. The van der Waals surface area contributed by atoms with Gasteiger partial charge in [-0.2, -0.15) is 0 Å². The van der Waals surface area contributed by atoms with Crippen LogP contribution in [0.2, 0.25) is 0 Å². The molecule has 2 amide bonds. The first-order chi connectivity index (χ1) is 11.6. The van der Waals surface area contributed by atoms with Crippen molar-refractivity contribution in [1.82, 2.24) is 10.2 Å². The van der Waals surface area contributed by atoms with Gasteiger partial charge < -0.3 is 29.5 Å². The predicted octanol–water partition coefficient (Wildman–Crippen LogP) is 2.78. The van der Waals surface area contributed by atoms with Crippen LogP contribution in [0.25, 0.3) is 0 Å². The molecule has 0 aromatic carbocycles. The summed E-state index contributed by atoms with van der Waals surface area (Å²) >= 11 is 0. The molecule has 0 heterocycles. The molecule has 0 bridgehead atoms. The Morgan fingerprint density at radius 3 is 1.85 bits per heavy atom. The largest absolute Gasteiger partial charge is 0.444 e. The predicted molar refractivity (Wildman–Crippen MR) is 101 cm³/mol. The molecule has 0 radical (unpaired) electrons. The average molecular weight is 379 g/mol. The Labute approximate surface area is 158 Å². The van der Waals surface area contributed by atoms with E-state index in [9.17, 15) is 9.59 Å². The van der Waals surface area contributed by atoms with Crippen molar-refractivity contribution in [2.24, 2.45) is 0 Å². The highest BCUT2D eigenvalue weighted by atomic mass is 16.6. The number of alkyl carbamates (subject to hydrolysis) is 1. The van der Waals surface area contributed by atoms with Crippen molar-refractivity contribution in [3.63, 3.8) is 0 Å². The highest BCUT2D eigenvalue weighted by Crippen LogP contribution is 2.09. The normalized spacial score (nSPS) is 13.7. The van der Waals surface area contributed by atoms with Gasteiger partial charge in [0.1, 0.15) is 11.2 Å². The summed E-state index contributed by atoms with van der Waals surface area (Å²) in [6.07, 6.45) is -1.34. The van der Waals surface area contributed by atoms with Crippen molar-refractivity contribution in [2.75, 3.05) is 27.2 Å². The van der Waals surface area contributed by atoms with Crippen LogP contribution >= 0.6 is 0 Å². The number of nitrogens with zero attached hydrogens (tertiary/aromatic N) is 1. The van der Waals surface area contributed by atoms with E-state index >= 15 is 0 Å². The van der Waals surface area contributed by atoms with Gasteiger partial charge in [0.2, 0.25) is 0 Å². The Kier molecular flexibility index (Phi) is 12.3. The minimum absolute atomic E-state index is 0.0209. The summed E-state index contributed by atoms with van der Waals surface area (Å²) in [7, 11) is 3.32. The van der Waals surface area contributed by atoms with Gasteiger partial charge in [0.15, 0.2) is 0 Å². The van der Waals surface area contributed by atoms with Gasteiger partial charge in [0.05, 0.1) is 12.2 Å². The summed E-state index contributed by atoms with van der Waals surface area (Å²) in [6, 6.07) is 0. The molecule has 26 heavy (non-hydrogen) atoms. The number of ether oxygens (including phenoxy) is 3. The third-order valence-corrected chi connectivity index (χ3v) is 2.58. The Bertz CT molecular complexity index is 413. The second-order valence-electron chi connectivity index (χ2n) is 8.14. The number of aliphatic hydroxyl groups excluding tert-OH is 1. The summed E-state index contributed by atoms with van der Waals surface area (Å²) in [5.41, 5.74) is -0.926. The number of hydrogen-bond donors (Lipinski definition) is 2. The van der Waals surface area contributed by atoms with E-state index < -0.39 is 23.4 Å². The lowest BCUT2D eigenvalue weighted by molar-refractivity contribution is 0.0171. The van der Waals surface area contributed by atoms with E-state index in [-0.39, 0.29) is 18.7 Å². The fraction of sp³-hybridized carbons (Fsp3) is 0.889. The summed E-state index contributed by atoms with van der Waals surface area (Å²) in [5, 5.41) is 11.3. The molecule has 0 aromatic heterocycles. The van der Waals surface area contributed by atoms with Gasteiger partial charge in [-0.25, -0.2) is 9.59 Å². The van der Waals surface area contributed by atoms with Crippen molar-refractivity contribution < 1.29 is 28.9 Å². The summed E-state index contributed by atoms with van der Waals surface area (Å²) in [6.45, 7) is 15.1.